The van der Waals surface area contributed by atoms with Crippen molar-refractivity contribution in [1.29, 1.82) is 0 Å². The largest absolute Gasteiger partial charge is 0.390 e. The molecule has 5 heteroatoms. The molecule has 18 heavy (non-hydrogen) atoms. The van der Waals surface area contributed by atoms with Gasteiger partial charge in [0.05, 0.1) is 25.4 Å². The van der Waals surface area contributed by atoms with Crippen molar-refractivity contribution >= 4 is 0 Å². The maximum absolute atomic E-state index is 10.5. The van der Waals surface area contributed by atoms with Gasteiger partial charge in [-0.2, -0.15) is 0 Å². The Balaban J connectivity index is 1.99. The molecule has 0 aromatic rings. The first-order chi connectivity index (χ1) is 8.58. The maximum atomic E-state index is 10.5. The lowest BCUT2D eigenvalue weighted by Gasteiger charge is -2.34. The number of methoxy groups -OCH3 is 2. The molecule has 106 valence electrons. The van der Waals surface area contributed by atoms with E-state index in [-0.39, 0.29) is 11.7 Å². The first-order valence-corrected chi connectivity index (χ1v) is 6.56. The van der Waals surface area contributed by atoms with Crippen LogP contribution in [-0.4, -0.2) is 62.6 Å². The Bertz CT molecular complexity index is 277. The van der Waals surface area contributed by atoms with Crippen molar-refractivity contribution in [2.24, 2.45) is 0 Å². The third-order valence-electron chi connectivity index (χ3n) is 4.15. The summed E-state index contributed by atoms with van der Waals surface area (Å²) in [6.45, 7) is 3.62. The van der Waals surface area contributed by atoms with Gasteiger partial charge in [0.15, 0.2) is 0 Å². The molecule has 2 heterocycles. The Morgan fingerprint density at radius 2 is 2.00 bits per heavy atom. The fourth-order valence-corrected chi connectivity index (χ4v) is 2.94. The summed E-state index contributed by atoms with van der Waals surface area (Å²) in [5, 5.41) is 10.5. The molecule has 0 spiro atoms. The minimum Gasteiger partial charge on any atom is -0.390 e. The zero-order valence-electron chi connectivity index (χ0n) is 11.5. The lowest BCUT2D eigenvalue weighted by Crippen LogP contribution is -2.48. The molecule has 0 amide bonds. The summed E-state index contributed by atoms with van der Waals surface area (Å²) in [5.41, 5.74) is -0.915. The second-order valence-corrected chi connectivity index (χ2v) is 5.43. The van der Waals surface area contributed by atoms with Crippen molar-refractivity contribution in [3.05, 3.63) is 0 Å². The molecule has 0 saturated carbocycles. The Morgan fingerprint density at radius 3 is 2.44 bits per heavy atom. The van der Waals surface area contributed by atoms with Crippen LogP contribution in [0.1, 0.15) is 26.2 Å². The summed E-state index contributed by atoms with van der Waals surface area (Å²) >= 11 is 0. The van der Waals surface area contributed by atoms with Crippen LogP contribution in [0.5, 0.6) is 0 Å². The first kappa shape index (κ1) is 14.2. The van der Waals surface area contributed by atoms with Crippen molar-refractivity contribution in [1.82, 2.24) is 0 Å². The molecule has 2 fully saturated rings. The van der Waals surface area contributed by atoms with Crippen LogP contribution in [0.3, 0.4) is 0 Å². The topological polar surface area (TPSA) is 60.5 Å². The molecule has 1 N–H and O–H groups in total. The molecular formula is C13H24O5. The number of aliphatic hydroxyl groups is 1. The van der Waals surface area contributed by atoms with Crippen LogP contribution in [-0.2, 0) is 18.9 Å². The summed E-state index contributed by atoms with van der Waals surface area (Å²) in [4.78, 5) is 0. The van der Waals surface area contributed by atoms with Crippen molar-refractivity contribution in [2.45, 2.75) is 49.6 Å². The lowest BCUT2D eigenvalue weighted by molar-refractivity contribution is -0.133. The van der Waals surface area contributed by atoms with E-state index in [2.05, 4.69) is 0 Å². The summed E-state index contributed by atoms with van der Waals surface area (Å²) in [6.07, 6.45) is 1.88. The molecule has 0 radical (unpaired) electrons. The van der Waals surface area contributed by atoms with E-state index in [1.54, 1.807) is 14.2 Å². The van der Waals surface area contributed by atoms with Gasteiger partial charge in [-0.25, -0.2) is 0 Å². The summed E-state index contributed by atoms with van der Waals surface area (Å²) in [5.74, 6) is 0. The molecule has 4 atom stereocenters. The molecule has 0 bridgehead atoms. The van der Waals surface area contributed by atoms with Crippen LogP contribution in [0.2, 0.25) is 0 Å². The third kappa shape index (κ3) is 2.56. The zero-order chi connectivity index (χ0) is 13.2. The number of epoxide rings is 1. The second-order valence-electron chi connectivity index (χ2n) is 5.43. The van der Waals surface area contributed by atoms with Crippen molar-refractivity contribution in [3.63, 3.8) is 0 Å². The molecule has 0 unspecified atom stereocenters. The molecule has 2 saturated heterocycles. The van der Waals surface area contributed by atoms with Gasteiger partial charge in [0.25, 0.3) is 0 Å². The standard InChI is InChI=1S/C13H24O5/c1-10-13(18-10,9-16-3)7-11(14)12(8-15-2)5-4-6-17-12/h10-11,14H,4-9H2,1-3H3/t10-,11-,12-,13+/m1/s1. The van der Waals surface area contributed by atoms with Gasteiger partial charge in [-0.3, -0.25) is 0 Å². The fourth-order valence-electron chi connectivity index (χ4n) is 2.94. The molecule has 2 aliphatic heterocycles. The van der Waals surface area contributed by atoms with E-state index in [1.165, 1.54) is 0 Å². The van der Waals surface area contributed by atoms with Gasteiger partial charge in [-0.1, -0.05) is 0 Å². The SMILES string of the molecule is COC[C@@]1([C@H](O)C[C@@]2(COC)O[C@@H]2C)CCCO1. The minimum absolute atomic E-state index is 0.132. The number of aliphatic hydroxyl groups excluding tert-OH is 1. The van der Waals surface area contributed by atoms with E-state index in [4.69, 9.17) is 18.9 Å². The average molecular weight is 260 g/mol. The van der Waals surface area contributed by atoms with Crippen LogP contribution in [0.25, 0.3) is 0 Å². The average Bonchev–Trinajstić information content (AvgIpc) is 2.78. The predicted molar refractivity (Wildman–Crippen MR) is 65.6 cm³/mol. The summed E-state index contributed by atoms with van der Waals surface area (Å²) < 4.78 is 21.8. The normalized spacial score (nSPS) is 41.0. The van der Waals surface area contributed by atoms with Crippen LogP contribution in [0.15, 0.2) is 0 Å². The molecule has 0 aromatic heterocycles. The summed E-state index contributed by atoms with van der Waals surface area (Å²) in [7, 11) is 3.29. The smallest absolute Gasteiger partial charge is 0.120 e. The molecule has 2 aliphatic rings. The molecule has 0 aromatic carbocycles. The molecule has 0 aliphatic carbocycles. The first-order valence-electron chi connectivity index (χ1n) is 6.56. The highest BCUT2D eigenvalue weighted by Gasteiger charge is 2.57. The Kier molecular flexibility index (Phi) is 4.29. The van der Waals surface area contributed by atoms with Crippen molar-refractivity contribution in [2.75, 3.05) is 34.0 Å². The highest BCUT2D eigenvalue weighted by Crippen LogP contribution is 2.44. The van der Waals surface area contributed by atoms with Gasteiger partial charge in [0.2, 0.25) is 0 Å². The van der Waals surface area contributed by atoms with E-state index in [1.807, 2.05) is 6.92 Å². The van der Waals surface area contributed by atoms with E-state index < -0.39 is 11.7 Å². The van der Waals surface area contributed by atoms with Gasteiger partial charge in [-0.05, 0) is 19.8 Å². The highest BCUT2D eigenvalue weighted by atomic mass is 16.6. The van der Waals surface area contributed by atoms with Gasteiger partial charge in [-0.15, -0.1) is 0 Å². The molecule has 2 rings (SSSR count). The number of hydrogen-bond donors (Lipinski definition) is 1. The number of ether oxygens (including phenoxy) is 4. The molecule has 5 nitrogen and oxygen atoms in total. The van der Waals surface area contributed by atoms with E-state index in [0.717, 1.165) is 12.8 Å². The lowest BCUT2D eigenvalue weighted by atomic mass is 9.86. The molecular weight excluding hydrogens is 236 g/mol. The Morgan fingerprint density at radius 1 is 1.33 bits per heavy atom. The van der Waals surface area contributed by atoms with Crippen LogP contribution < -0.4 is 0 Å². The van der Waals surface area contributed by atoms with Crippen molar-refractivity contribution in [3.8, 4) is 0 Å². The van der Waals surface area contributed by atoms with Crippen LogP contribution in [0.4, 0.5) is 0 Å². The highest BCUT2D eigenvalue weighted by molar-refractivity contribution is 5.05. The second kappa shape index (κ2) is 5.43. The van der Waals surface area contributed by atoms with E-state index >= 15 is 0 Å². The zero-order valence-corrected chi connectivity index (χ0v) is 11.5. The quantitative estimate of drug-likeness (QED) is 0.684. The maximum Gasteiger partial charge on any atom is 0.120 e. The van der Waals surface area contributed by atoms with Gasteiger partial charge < -0.3 is 24.1 Å². The third-order valence-corrected chi connectivity index (χ3v) is 4.15. The number of hydrogen-bond acceptors (Lipinski definition) is 5. The van der Waals surface area contributed by atoms with Gasteiger partial charge in [0, 0.05) is 27.2 Å². The Hall–Kier alpha value is -0.200. The van der Waals surface area contributed by atoms with Crippen LogP contribution >= 0.6 is 0 Å². The summed E-state index contributed by atoms with van der Waals surface area (Å²) in [6, 6.07) is 0. The minimum atomic E-state index is -0.583. The van der Waals surface area contributed by atoms with Gasteiger partial charge in [0.1, 0.15) is 11.2 Å². The monoisotopic (exact) mass is 260 g/mol. The van der Waals surface area contributed by atoms with Crippen LogP contribution in [0, 0.1) is 0 Å². The van der Waals surface area contributed by atoms with E-state index in [9.17, 15) is 5.11 Å². The van der Waals surface area contributed by atoms with E-state index in [0.29, 0.717) is 26.2 Å². The van der Waals surface area contributed by atoms with Gasteiger partial charge >= 0.3 is 0 Å². The Labute approximate surface area is 108 Å². The number of rotatable bonds is 7. The predicted octanol–water partition coefficient (Wildman–Crippen LogP) is 0.737. The fraction of sp³-hybridized carbons (Fsp3) is 1.00. The van der Waals surface area contributed by atoms with Crippen molar-refractivity contribution < 1.29 is 24.1 Å².